The molecule has 8 heteroatoms. The molecule has 33 heavy (non-hydrogen) atoms. The minimum Gasteiger partial charge on any atom is -0.374 e. The van der Waals surface area contributed by atoms with Gasteiger partial charge in [-0.1, -0.05) is 0 Å². The van der Waals surface area contributed by atoms with E-state index < -0.39 is 11.6 Å². The molecule has 4 heterocycles. The Morgan fingerprint density at radius 3 is 2.45 bits per heavy atom. The summed E-state index contributed by atoms with van der Waals surface area (Å²) in [6, 6.07) is 7.51. The van der Waals surface area contributed by atoms with Gasteiger partial charge >= 0.3 is 0 Å². The van der Waals surface area contributed by atoms with Crippen LogP contribution in [0.4, 0.5) is 8.78 Å². The SMILES string of the molecule is Cc1cc([C@@H]2CCCCO2)ccn1.Cc1nc2ncnc(-c3ccc(F)cc3F)c2nc1C. The number of rotatable bonds is 2. The molecule has 0 amide bonds. The average Bonchev–Trinajstić information content (AvgIpc) is 2.81. The van der Waals surface area contributed by atoms with Crippen LogP contribution in [0.2, 0.25) is 0 Å². The maximum absolute atomic E-state index is 13.9. The normalized spacial score (nSPS) is 15.7. The number of aromatic nitrogens is 5. The van der Waals surface area contributed by atoms with Crippen molar-refractivity contribution in [3.63, 3.8) is 0 Å². The zero-order valence-electron chi connectivity index (χ0n) is 18.8. The Hall–Kier alpha value is -3.39. The predicted octanol–water partition coefficient (Wildman–Crippen LogP) is 5.61. The van der Waals surface area contributed by atoms with Gasteiger partial charge < -0.3 is 4.74 Å². The van der Waals surface area contributed by atoms with Crippen molar-refractivity contribution in [1.29, 1.82) is 0 Å². The molecule has 1 fully saturated rings. The highest BCUT2D eigenvalue weighted by molar-refractivity contribution is 5.86. The van der Waals surface area contributed by atoms with Gasteiger partial charge in [-0.25, -0.2) is 28.7 Å². The van der Waals surface area contributed by atoms with Crippen LogP contribution >= 0.6 is 0 Å². The van der Waals surface area contributed by atoms with E-state index in [4.69, 9.17) is 4.74 Å². The van der Waals surface area contributed by atoms with Crippen LogP contribution < -0.4 is 0 Å². The molecule has 170 valence electrons. The van der Waals surface area contributed by atoms with Gasteiger partial charge in [0.15, 0.2) is 5.65 Å². The summed E-state index contributed by atoms with van der Waals surface area (Å²) in [4.78, 5) is 20.9. The molecule has 0 saturated carbocycles. The summed E-state index contributed by atoms with van der Waals surface area (Å²) in [5, 5.41) is 0. The van der Waals surface area contributed by atoms with Crippen molar-refractivity contribution in [3.8, 4) is 11.3 Å². The van der Waals surface area contributed by atoms with Crippen molar-refractivity contribution < 1.29 is 13.5 Å². The molecular formula is C25H25F2N5O. The first kappa shape index (κ1) is 22.8. The van der Waals surface area contributed by atoms with E-state index >= 15 is 0 Å². The molecule has 1 aliphatic rings. The van der Waals surface area contributed by atoms with Crippen molar-refractivity contribution in [2.75, 3.05) is 6.61 Å². The Morgan fingerprint density at radius 2 is 1.73 bits per heavy atom. The van der Waals surface area contributed by atoms with Crippen LogP contribution in [0, 0.1) is 32.4 Å². The Balaban J connectivity index is 0.000000172. The Labute approximate surface area is 191 Å². The van der Waals surface area contributed by atoms with E-state index in [0.717, 1.165) is 36.2 Å². The fraction of sp³-hybridized carbons (Fsp3) is 0.320. The van der Waals surface area contributed by atoms with Crippen molar-refractivity contribution in [3.05, 3.63) is 77.1 Å². The third-order valence-electron chi connectivity index (χ3n) is 5.54. The standard InChI is InChI=1S/C14H10F2N4.C11H15NO/c1-7-8(2)20-14-13(19-7)12(17-6-18-14)10-4-3-9(15)5-11(10)16;1-9-8-10(5-6-12-9)11-4-2-3-7-13-11/h3-6H,1-2H3;5-6,8,11H,2-4,7H2,1H3/t;11-/m.0/s1. The molecule has 6 nitrogen and oxygen atoms in total. The first-order valence-corrected chi connectivity index (χ1v) is 10.9. The fourth-order valence-electron chi connectivity index (χ4n) is 3.69. The minimum absolute atomic E-state index is 0.177. The molecule has 5 rings (SSSR count). The lowest BCUT2D eigenvalue weighted by Gasteiger charge is -2.22. The topological polar surface area (TPSA) is 73.7 Å². The highest BCUT2D eigenvalue weighted by atomic mass is 19.1. The van der Waals surface area contributed by atoms with Gasteiger partial charge in [0.2, 0.25) is 0 Å². The first-order chi connectivity index (χ1) is 15.9. The monoisotopic (exact) mass is 449 g/mol. The summed E-state index contributed by atoms with van der Waals surface area (Å²) < 4.78 is 32.6. The molecule has 4 aromatic rings. The maximum Gasteiger partial charge on any atom is 0.182 e. The molecule has 1 atom stereocenters. The highest BCUT2D eigenvalue weighted by Crippen LogP contribution is 2.28. The second kappa shape index (κ2) is 10.0. The number of halogens is 2. The van der Waals surface area contributed by atoms with Crippen LogP contribution in [0.5, 0.6) is 0 Å². The van der Waals surface area contributed by atoms with Gasteiger partial charge in [-0.3, -0.25) is 4.98 Å². The molecule has 3 aromatic heterocycles. The maximum atomic E-state index is 13.9. The zero-order valence-corrected chi connectivity index (χ0v) is 18.8. The molecule has 0 spiro atoms. The van der Waals surface area contributed by atoms with Gasteiger partial charge in [-0.05, 0) is 69.9 Å². The lowest BCUT2D eigenvalue weighted by molar-refractivity contribution is 0.0149. The van der Waals surface area contributed by atoms with Gasteiger partial charge in [0.1, 0.15) is 29.2 Å². The number of hydrogen-bond acceptors (Lipinski definition) is 6. The zero-order chi connectivity index (χ0) is 23.4. The Morgan fingerprint density at radius 1 is 0.909 bits per heavy atom. The van der Waals surface area contributed by atoms with Crippen LogP contribution in [-0.4, -0.2) is 31.5 Å². The second-order valence-electron chi connectivity index (χ2n) is 8.00. The lowest BCUT2D eigenvalue weighted by atomic mass is 10.0. The van der Waals surface area contributed by atoms with Crippen LogP contribution in [0.15, 0.2) is 42.9 Å². The van der Waals surface area contributed by atoms with Gasteiger partial charge in [-0.15, -0.1) is 0 Å². The van der Waals surface area contributed by atoms with E-state index in [9.17, 15) is 8.78 Å². The van der Waals surface area contributed by atoms with Gasteiger partial charge in [-0.2, -0.15) is 0 Å². The van der Waals surface area contributed by atoms with Crippen molar-refractivity contribution in [2.45, 2.75) is 46.1 Å². The highest BCUT2D eigenvalue weighted by Gasteiger charge is 2.16. The summed E-state index contributed by atoms with van der Waals surface area (Å²) in [6.45, 7) is 6.56. The van der Waals surface area contributed by atoms with Crippen molar-refractivity contribution in [2.24, 2.45) is 0 Å². The molecular weight excluding hydrogens is 424 g/mol. The quantitative estimate of drug-likeness (QED) is 0.396. The van der Waals surface area contributed by atoms with Crippen LogP contribution in [0.25, 0.3) is 22.4 Å². The van der Waals surface area contributed by atoms with Crippen LogP contribution in [-0.2, 0) is 4.74 Å². The molecule has 0 bridgehead atoms. The number of pyridine rings is 1. The van der Waals surface area contributed by atoms with Crippen molar-refractivity contribution >= 4 is 11.2 Å². The lowest BCUT2D eigenvalue weighted by Crippen LogP contribution is -2.11. The third kappa shape index (κ3) is 5.34. The first-order valence-electron chi connectivity index (χ1n) is 10.9. The van der Waals surface area contributed by atoms with Gasteiger partial charge in [0, 0.05) is 30.1 Å². The van der Waals surface area contributed by atoms with E-state index in [1.54, 1.807) is 6.92 Å². The molecule has 1 aromatic carbocycles. The summed E-state index contributed by atoms with van der Waals surface area (Å²) in [5.41, 5.74) is 5.11. The average molecular weight is 450 g/mol. The molecule has 0 N–H and O–H groups in total. The molecule has 1 saturated heterocycles. The molecule has 0 aliphatic carbocycles. The molecule has 0 unspecified atom stereocenters. The van der Waals surface area contributed by atoms with E-state index in [1.807, 2.05) is 20.0 Å². The van der Waals surface area contributed by atoms with Gasteiger partial charge in [0.05, 0.1) is 17.5 Å². The Kier molecular flexibility index (Phi) is 6.93. The molecule has 1 aliphatic heterocycles. The second-order valence-corrected chi connectivity index (χ2v) is 8.00. The number of hydrogen-bond donors (Lipinski definition) is 0. The largest absolute Gasteiger partial charge is 0.374 e. The summed E-state index contributed by atoms with van der Waals surface area (Å²) in [7, 11) is 0. The summed E-state index contributed by atoms with van der Waals surface area (Å²) in [5.74, 6) is -1.33. The predicted molar refractivity (Wildman–Crippen MR) is 121 cm³/mol. The van der Waals surface area contributed by atoms with Gasteiger partial charge in [0.25, 0.3) is 0 Å². The number of aryl methyl sites for hydroxylation is 3. The Bertz CT molecular complexity index is 1280. The van der Waals surface area contributed by atoms with E-state index in [1.165, 1.54) is 36.9 Å². The third-order valence-corrected chi connectivity index (χ3v) is 5.54. The minimum atomic E-state index is -0.690. The molecule has 0 radical (unpaired) electrons. The number of nitrogens with zero attached hydrogens (tertiary/aromatic N) is 5. The van der Waals surface area contributed by atoms with E-state index in [-0.39, 0.29) is 5.56 Å². The van der Waals surface area contributed by atoms with Crippen molar-refractivity contribution in [1.82, 2.24) is 24.9 Å². The number of benzene rings is 1. The summed E-state index contributed by atoms with van der Waals surface area (Å²) in [6.07, 6.45) is 7.12. The van der Waals surface area contributed by atoms with E-state index in [0.29, 0.717) is 23.0 Å². The van der Waals surface area contributed by atoms with Crippen LogP contribution in [0.3, 0.4) is 0 Å². The summed E-state index contributed by atoms with van der Waals surface area (Å²) >= 11 is 0. The van der Waals surface area contributed by atoms with Crippen LogP contribution in [0.1, 0.15) is 48.0 Å². The smallest absolute Gasteiger partial charge is 0.182 e. The number of fused-ring (bicyclic) bond motifs is 1. The van der Waals surface area contributed by atoms with E-state index in [2.05, 4.69) is 37.1 Å². The number of ether oxygens (including phenoxy) is 1. The fourth-order valence-corrected chi connectivity index (χ4v) is 3.69.